The fourth-order valence-electron chi connectivity index (χ4n) is 2.87. The van der Waals surface area contributed by atoms with Crippen molar-refractivity contribution in [2.45, 2.75) is 31.7 Å². The fraction of sp³-hybridized carbons (Fsp3) is 0.467. The third-order valence-corrected chi connectivity index (χ3v) is 4.11. The van der Waals surface area contributed by atoms with Crippen LogP contribution in [-0.2, 0) is 12.0 Å². The minimum absolute atomic E-state index is 0.240. The molecular formula is C15H20N4. The molecule has 0 aromatic carbocycles. The van der Waals surface area contributed by atoms with E-state index in [4.69, 9.17) is 0 Å². The third kappa shape index (κ3) is 2.54. The lowest BCUT2D eigenvalue weighted by Gasteiger charge is -2.34. The fourth-order valence-corrected chi connectivity index (χ4v) is 2.87. The molecule has 1 saturated heterocycles. The minimum Gasteiger partial charge on any atom is -0.330 e. The maximum absolute atomic E-state index is 4.36. The molecule has 3 heterocycles. The monoisotopic (exact) mass is 256 g/mol. The summed E-state index contributed by atoms with van der Waals surface area (Å²) in [4.78, 5) is 8.54. The number of nitrogens with zero attached hydrogens (tertiary/aromatic N) is 3. The van der Waals surface area contributed by atoms with Gasteiger partial charge in [-0.15, -0.1) is 0 Å². The van der Waals surface area contributed by atoms with Crippen LogP contribution in [0, 0.1) is 0 Å². The predicted molar refractivity (Wildman–Crippen MR) is 75.0 cm³/mol. The van der Waals surface area contributed by atoms with Crippen LogP contribution in [-0.4, -0.2) is 27.6 Å². The second-order valence-corrected chi connectivity index (χ2v) is 5.58. The zero-order valence-electron chi connectivity index (χ0n) is 11.3. The van der Waals surface area contributed by atoms with Gasteiger partial charge in [0.25, 0.3) is 0 Å². The number of piperidine rings is 1. The molecule has 4 heteroatoms. The summed E-state index contributed by atoms with van der Waals surface area (Å²) in [7, 11) is 0. The molecule has 1 fully saturated rings. The number of hydrogen-bond donors (Lipinski definition) is 1. The topological polar surface area (TPSA) is 42.7 Å². The molecule has 0 saturated carbocycles. The van der Waals surface area contributed by atoms with Crippen molar-refractivity contribution in [3.8, 4) is 0 Å². The van der Waals surface area contributed by atoms with Crippen LogP contribution < -0.4 is 5.32 Å². The number of hydrogen-bond acceptors (Lipinski definition) is 3. The highest BCUT2D eigenvalue weighted by molar-refractivity contribution is 5.18. The number of nitrogens with one attached hydrogen (secondary N) is 1. The van der Waals surface area contributed by atoms with Gasteiger partial charge in [-0.05, 0) is 37.6 Å². The van der Waals surface area contributed by atoms with Gasteiger partial charge < -0.3 is 9.88 Å². The number of aromatic nitrogens is 3. The Morgan fingerprint density at radius 2 is 2.11 bits per heavy atom. The Morgan fingerprint density at radius 1 is 1.26 bits per heavy atom. The standard InChI is InChI=1S/C15H20N4/c1-15(4-7-16-8-5-15)14-10-18-12-19(14)11-13-3-2-6-17-9-13/h2-3,6,9-10,12,16H,4-5,7-8,11H2,1H3. The SMILES string of the molecule is CC1(c2cncn2Cc2cccnc2)CCNCC1. The van der Waals surface area contributed by atoms with Gasteiger partial charge in [0.05, 0.1) is 12.9 Å². The molecule has 0 aliphatic carbocycles. The molecule has 2 aromatic rings. The van der Waals surface area contributed by atoms with Crippen LogP contribution in [0.3, 0.4) is 0 Å². The summed E-state index contributed by atoms with van der Waals surface area (Å²) >= 11 is 0. The summed E-state index contributed by atoms with van der Waals surface area (Å²) in [6.07, 6.45) is 10.1. The van der Waals surface area contributed by atoms with Crippen molar-refractivity contribution in [1.82, 2.24) is 19.9 Å². The van der Waals surface area contributed by atoms with E-state index in [-0.39, 0.29) is 5.41 Å². The van der Waals surface area contributed by atoms with E-state index in [9.17, 15) is 0 Å². The lowest BCUT2D eigenvalue weighted by molar-refractivity contribution is 0.318. The van der Waals surface area contributed by atoms with E-state index in [2.05, 4.69) is 32.8 Å². The van der Waals surface area contributed by atoms with E-state index in [1.54, 1.807) is 0 Å². The highest BCUT2D eigenvalue weighted by Crippen LogP contribution is 2.32. The van der Waals surface area contributed by atoms with Crippen LogP contribution in [0.1, 0.15) is 31.0 Å². The minimum atomic E-state index is 0.240. The normalized spacial score (nSPS) is 18.4. The van der Waals surface area contributed by atoms with Crippen LogP contribution >= 0.6 is 0 Å². The molecule has 4 nitrogen and oxygen atoms in total. The van der Waals surface area contributed by atoms with Crippen molar-refractivity contribution in [3.63, 3.8) is 0 Å². The molecule has 1 aliphatic rings. The average molecular weight is 256 g/mol. The maximum Gasteiger partial charge on any atom is 0.0951 e. The second-order valence-electron chi connectivity index (χ2n) is 5.58. The maximum atomic E-state index is 4.36. The van der Waals surface area contributed by atoms with Gasteiger partial charge in [-0.25, -0.2) is 4.98 Å². The van der Waals surface area contributed by atoms with Crippen LogP contribution in [0.2, 0.25) is 0 Å². The van der Waals surface area contributed by atoms with Gasteiger partial charge in [-0.3, -0.25) is 4.98 Å². The Morgan fingerprint density at radius 3 is 2.84 bits per heavy atom. The second kappa shape index (κ2) is 5.13. The molecule has 0 bridgehead atoms. The molecule has 0 amide bonds. The van der Waals surface area contributed by atoms with Gasteiger partial charge in [-0.1, -0.05) is 13.0 Å². The van der Waals surface area contributed by atoms with Gasteiger partial charge in [0.1, 0.15) is 0 Å². The molecule has 100 valence electrons. The van der Waals surface area contributed by atoms with Crippen molar-refractivity contribution < 1.29 is 0 Å². The van der Waals surface area contributed by atoms with E-state index in [1.165, 1.54) is 24.1 Å². The summed E-state index contributed by atoms with van der Waals surface area (Å²) in [5.41, 5.74) is 2.81. The molecule has 2 aromatic heterocycles. The van der Waals surface area contributed by atoms with Crippen molar-refractivity contribution >= 4 is 0 Å². The Labute approximate surface area is 113 Å². The lowest BCUT2D eigenvalue weighted by Crippen LogP contribution is -2.39. The first-order chi connectivity index (χ1) is 9.28. The Balaban J connectivity index is 1.86. The predicted octanol–water partition coefficient (Wildman–Crippen LogP) is 1.97. The summed E-state index contributed by atoms with van der Waals surface area (Å²) in [6, 6.07) is 4.10. The van der Waals surface area contributed by atoms with Crippen molar-refractivity contribution in [2.75, 3.05) is 13.1 Å². The molecule has 0 unspecified atom stereocenters. The van der Waals surface area contributed by atoms with E-state index in [0.29, 0.717) is 0 Å². The quantitative estimate of drug-likeness (QED) is 0.913. The first kappa shape index (κ1) is 12.4. The summed E-state index contributed by atoms with van der Waals surface area (Å²) in [5.74, 6) is 0. The summed E-state index contributed by atoms with van der Waals surface area (Å²) < 4.78 is 2.27. The van der Waals surface area contributed by atoms with E-state index in [1.807, 2.05) is 31.0 Å². The largest absolute Gasteiger partial charge is 0.330 e. The molecule has 0 spiro atoms. The number of rotatable bonds is 3. The van der Waals surface area contributed by atoms with Gasteiger partial charge >= 0.3 is 0 Å². The molecule has 19 heavy (non-hydrogen) atoms. The first-order valence-electron chi connectivity index (χ1n) is 6.88. The highest BCUT2D eigenvalue weighted by atomic mass is 15.1. The van der Waals surface area contributed by atoms with Crippen LogP contribution in [0.15, 0.2) is 37.1 Å². The van der Waals surface area contributed by atoms with Crippen LogP contribution in [0.5, 0.6) is 0 Å². The first-order valence-corrected chi connectivity index (χ1v) is 6.88. The summed E-state index contributed by atoms with van der Waals surface area (Å²) in [6.45, 7) is 5.39. The molecule has 1 N–H and O–H groups in total. The Kier molecular flexibility index (Phi) is 3.34. The van der Waals surface area contributed by atoms with Crippen LogP contribution in [0.4, 0.5) is 0 Å². The molecular weight excluding hydrogens is 236 g/mol. The number of pyridine rings is 1. The van der Waals surface area contributed by atoms with Crippen molar-refractivity contribution in [1.29, 1.82) is 0 Å². The molecule has 1 aliphatic heterocycles. The van der Waals surface area contributed by atoms with Crippen molar-refractivity contribution in [2.24, 2.45) is 0 Å². The van der Waals surface area contributed by atoms with E-state index >= 15 is 0 Å². The van der Waals surface area contributed by atoms with E-state index < -0.39 is 0 Å². The smallest absolute Gasteiger partial charge is 0.0951 e. The molecule has 3 rings (SSSR count). The third-order valence-electron chi connectivity index (χ3n) is 4.11. The van der Waals surface area contributed by atoms with E-state index in [0.717, 1.165) is 19.6 Å². The highest BCUT2D eigenvalue weighted by Gasteiger charge is 2.31. The Bertz CT molecular complexity index is 526. The zero-order valence-corrected chi connectivity index (χ0v) is 11.3. The van der Waals surface area contributed by atoms with Crippen LogP contribution in [0.25, 0.3) is 0 Å². The summed E-state index contributed by atoms with van der Waals surface area (Å²) in [5, 5.41) is 3.43. The molecule has 0 radical (unpaired) electrons. The van der Waals surface area contributed by atoms with Crippen molar-refractivity contribution in [3.05, 3.63) is 48.3 Å². The average Bonchev–Trinajstić information content (AvgIpc) is 2.90. The lowest BCUT2D eigenvalue weighted by atomic mass is 9.78. The van der Waals surface area contributed by atoms with Gasteiger partial charge in [0.2, 0.25) is 0 Å². The zero-order chi connectivity index (χ0) is 13.1. The Hall–Kier alpha value is -1.68. The van der Waals surface area contributed by atoms with Gasteiger partial charge in [0.15, 0.2) is 0 Å². The van der Waals surface area contributed by atoms with Gasteiger partial charge in [-0.2, -0.15) is 0 Å². The molecule has 0 atom stereocenters. The number of imidazole rings is 1. The van der Waals surface area contributed by atoms with Gasteiger partial charge in [0, 0.05) is 29.7 Å².